The van der Waals surface area contributed by atoms with Crippen molar-refractivity contribution < 1.29 is 24.3 Å². The van der Waals surface area contributed by atoms with Gasteiger partial charge in [-0.05, 0) is 0 Å². The van der Waals surface area contributed by atoms with E-state index < -0.39 is 6.72 Å². The Kier molecular flexibility index (Phi) is 3.96. The van der Waals surface area contributed by atoms with E-state index in [1.165, 1.54) is 7.05 Å². The summed E-state index contributed by atoms with van der Waals surface area (Å²) in [5.74, 6) is 0.0401. The number of hydrogen-bond donors (Lipinski definition) is 3. The molecule has 0 aliphatic heterocycles. The predicted molar refractivity (Wildman–Crippen MR) is 43.1 cm³/mol. The third-order valence-corrected chi connectivity index (χ3v) is 1.56. The normalized spacial score (nSPS) is 14.2. The van der Waals surface area contributed by atoms with Gasteiger partial charge in [0.15, 0.2) is 7.05 Å². The van der Waals surface area contributed by atoms with Crippen molar-refractivity contribution in [1.82, 2.24) is 0 Å². The summed E-state index contributed by atoms with van der Waals surface area (Å²) < 4.78 is 5.14. The topological polar surface area (TPSA) is 72.9 Å². The van der Waals surface area contributed by atoms with Crippen LogP contribution < -0.4 is 0 Å². The molecule has 3 N–H and O–H groups in total. The molecule has 0 aromatic rings. The van der Waals surface area contributed by atoms with Crippen LogP contribution in [0.3, 0.4) is 0 Å². The number of hydroxylamine groups is 1. The van der Waals surface area contributed by atoms with E-state index in [0.29, 0.717) is 11.2 Å². The van der Waals surface area contributed by atoms with Gasteiger partial charge >= 0.3 is 12.6 Å². The summed E-state index contributed by atoms with van der Waals surface area (Å²) in [7, 11) is 1.31. The fourth-order valence-corrected chi connectivity index (χ4v) is 1.27. The minimum absolute atomic E-state index is 0.0401. The first-order chi connectivity index (χ1) is 4.87. The van der Waals surface area contributed by atoms with Crippen LogP contribution in [-0.2, 0) is 16.3 Å². The smallest absolute Gasteiger partial charge is 0.370 e. The van der Waals surface area contributed by atoms with Crippen molar-refractivity contribution in [2.24, 2.45) is 0 Å². The van der Waals surface area contributed by atoms with Crippen LogP contribution in [0.4, 0.5) is 0 Å². The Hall–Kier alpha value is -0.160. The molecule has 0 aromatic heterocycles. The zero-order valence-corrected chi connectivity index (χ0v) is 7.97. The third kappa shape index (κ3) is 5.15. The first kappa shape index (κ1) is 10.8. The van der Waals surface area contributed by atoms with Crippen molar-refractivity contribution in [2.45, 2.75) is 13.3 Å². The largest absolute Gasteiger partial charge is 0.390 e. The molecular weight excluding hydrogens is 189 g/mol. The minimum Gasteiger partial charge on any atom is -0.370 e. The summed E-state index contributed by atoms with van der Waals surface area (Å²) in [6.07, 6.45) is 0.340. The standard InChI is InChI=1S/C4H10NO4PS/c1-3-4(5(2)6)9-10(7,8)11/h3H2,1-2H3,(H2-,6,7,8,11)/p+1. The van der Waals surface area contributed by atoms with E-state index in [2.05, 4.69) is 16.3 Å². The second-order valence-electron chi connectivity index (χ2n) is 1.85. The second kappa shape index (κ2) is 4.01. The van der Waals surface area contributed by atoms with Gasteiger partial charge in [0.2, 0.25) is 0 Å². The summed E-state index contributed by atoms with van der Waals surface area (Å²) in [6, 6.07) is 0. The summed E-state index contributed by atoms with van der Waals surface area (Å²) in [6.45, 7) is -2.01. The van der Waals surface area contributed by atoms with Crippen LogP contribution in [0, 0.1) is 0 Å². The number of rotatable bonds is 2. The van der Waals surface area contributed by atoms with Crippen LogP contribution >= 0.6 is 6.72 Å². The van der Waals surface area contributed by atoms with E-state index in [1.54, 1.807) is 6.92 Å². The molecule has 0 saturated carbocycles. The minimum atomic E-state index is -3.70. The van der Waals surface area contributed by atoms with E-state index in [1.807, 2.05) is 0 Å². The van der Waals surface area contributed by atoms with Crippen LogP contribution in [0.5, 0.6) is 0 Å². The predicted octanol–water partition coefficient (Wildman–Crippen LogP) is 0.0521. The van der Waals surface area contributed by atoms with Crippen molar-refractivity contribution in [3.8, 4) is 0 Å². The Morgan fingerprint density at radius 1 is 1.64 bits per heavy atom. The quantitative estimate of drug-likeness (QED) is 0.147. The highest BCUT2D eigenvalue weighted by molar-refractivity contribution is 8.06. The summed E-state index contributed by atoms with van der Waals surface area (Å²) >= 11 is 4.19. The molecule has 0 radical (unpaired) electrons. The van der Waals surface area contributed by atoms with Crippen LogP contribution in [-0.4, -0.2) is 32.7 Å². The number of hydrogen-bond acceptors (Lipinski definition) is 3. The molecule has 66 valence electrons. The first-order valence-corrected chi connectivity index (χ1v) is 5.53. The monoisotopic (exact) mass is 200 g/mol. The first-order valence-electron chi connectivity index (χ1n) is 2.90. The lowest BCUT2D eigenvalue weighted by Crippen LogP contribution is -2.15. The highest BCUT2D eigenvalue weighted by Gasteiger charge is 2.19. The van der Waals surface area contributed by atoms with E-state index in [-0.39, 0.29) is 5.90 Å². The zero-order chi connectivity index (χ0) is 9.07. The molecule has 0 saturated heterocycles. The van der Waals surface area contributed by atoms with Gasteiger partial charge in [-0.25, -0.2) is 0 Å². The van der Waals surface area contributed by atoms with E-state index in [0.717, 1.165) is 0 Å². The van der Waals surface area contributed by atoms with E-state index >= 15 is 0 Å². The number of nitrogens with zero attached hydrogens (tertiary/aromatic N) is 1. The van der Waals surface area contributed by atoms with Gasteiger partial charge in [0.25, 0.3) is 0 Å². The maximum absolute atomic E-state index is 8.80. The van der Waals surface area contributed by atoms with Crippen molar-refractivity contribution in [2.75, 3.05) is 7.05 Å². The van der Waals surface area contributed by atoms with Crippen molar-refractivity contribution in [3.63, 3.8) is 0 Å². The molecule has 0 fully saturated rings. The van der Waals surface area contributed by atoms with Gasteiger partial charge in [-0.15, -0.1) is 0 Å². The second-order valence-corrected chi connectivity index (χ2v) is 4.44. The Labute approximate surface area is 69.8 Å². The average molecular weight is 200 g/mol. The van der Waals surface area contributed by atoms with Gasteiger partial charge in [-0.3, -0.25) is 5.21 Å². The fourth-order valence-electron chi connectivity index (χ4n) is 0.490. The Balaban J connectivity index is 4.36. The van der Waals surface area contributed by atoms with Crippen molar-refractivity contribution >= 4 is 24.4 Å². The Bertz CT molecular complexity index is 206. The van der Waals surface area contributed by atoms with Crippen LogP contribution in [0.1, 0.15) is 13.3 Å². The molecule has 0 bridgehead atoms. The average Bonchev–Trinajstić information content (AvgIpc) is 1.80. The lowest BCUT2D eigenvalue weighted by atomic mass is 10.5. The van der Waals surface area contributed by atoms with Gasteiger partial charge in [0, 0.05) is 16.5 Å². The lowest BCUT2D eigenvalue weighted by Gasteiger charge is -2.06. The molecule has 0 heterocycles. The molecule has 0 amide bonds. The molecule has 0 unspecified atom stereocenters. The van der Waals surface area contributed by atoms with E-state index in [4.69, 9.17) is 15.0 Å². The summed E-state index contributed by atoms with van der Waals surface area (Å²) in [5, 5.41) is 8.80. The molecule has 11 heavy (non-hydrogen) atoms. The van der Waals surface area contributed by atoms with Gasteiger partial charge in [0.1, 0.15) is 0 Å². The molecule has 0 aromatic carbocycles. The van der Waals surface area contributed by atoms with Gasteiger partial charge in [-0.2, -0.15) is 0 Å². The molecule has 0 aliphatic rings. The van der Waals surface area contributed by atoms with Crippen molar-refractivity contribution in [3.05, 3.63) is 0 Å². The van der Waals surface area contributed by atoms with Crippen LogP contribution in [0.15, 0.2) is 0 Å². The lowest BCUT2D eigenvalue weighted by molar-refractivity contribution is -0.759. The molecule has 5 nitrogen and oxygen atoms in total. The molecule has 0 aliphatic carbocycles. The van der Waals surface area contributed by atoms with Gasteiger partial charge in [0.05, 0.1) is 6.42 Å². The molecule has 7 heteroatoms. The Morgan fingerprint density at radius 2 is 2.09 bits per heavy atom. The van der Waals surface area contributed by atoms with Crippen molar-refractivity contribution in [1.29, 1.82) is 0 Å². The highest BCUT2D eigenvalue weighted by Crippen LogP contribution is 2.36. The molecule has 0 atom stereocenters. The SMILES string of the molecule is CCC(OP(O)(O)=S)=[N+](C)O. The zero-order valence-electron chi connectivity index (χ0n) is 6.26. The maximum Gasteiger partial charge on any atom is 0.390 e. The van der Waals surface area contributed by atoms with Crippen LogP contribution in [0.25, 0.3) is 0 Å². The fraction of sp³-hybridized carbons (Fsp3) is 0.750. The molecular formula is C4H11NO4PS+. The summed E-state index contributed by atoms with van der Waals surface area (Å²) in [5.41, 5.74) is 0. The summed E-state index contributed by atoms with van der Waals surface area (Å²) in [4.78, 5) is 17.3. The molecule has 0 rings (SSSR count). The third-order valence-electron chi connectivity index (χ3n) is 0.888. The van der Waals surface area contributed by atoms with Gasteiger partial charge < -0.3 is 14.3 Å². The maximum atomic E-state index is 8.80. The molecule has 0 spiro atoms. The Morgan fingerprint density at radius 3 is 2.18 bits per heavy atom. The highest BCUT2D eigenvalue weighted by atomic mass is 32.5. The van der Waals surface area contributed by atoms with Crippen LogP contribution in [0.2, 0.25) is 0 Å². The van der Waals surface area contributed by atoms with E-state index in [9.17, 15) is 0 Å². The van der Waals surface area contributed by atoms with Gasteiger partial charge in [-0.1, -0.05) is 6.92 Å².